The third-order valence-corrected chi connectivity index (χ3v) is 5.29. The molecule has 2 aliphatic carbocycles. The second-order valence-corrected chi connectivity index (χ2v) is 6.73. The number of hydrogen-bond donors (Lipinski definition) is 1. The van der Waals surface area contributed by atoms with E-state index in [0.29, 0.717) is 12.5 Å². The second kappa shape index (κ2) is 6.18. The van der Waals surface area contributed by atoms with Gasteiger partial charge in [-0.1, -0.05) is 18.6 Å². The fourth-order valence-electron chi connectivity index (χ4n) is 4.27. The molecule has 0 spiro atoms. The van der Waals surface area contributed by atoms with Crippen LogP contribution in [0.3, 0.4) is 0 Å². The van der Waals surface area contributed by atoms with Crippen LogP contribution in [0.1, 0.15) is 48.5 Å². The van der Waals surface area contributed by atoms with Crippen molar-refractivity contribution >= 4 is 5.91 Å². The first kappa shape index (κ1) is 14.6. The third kappa shape index (κ3) is 3.13. The topological polar surface area (TPSA) is 38.3 Å². The van der Waals surface area contributed by atoms with Crippen molar-refractivity contribution in [1.29, 1.82) is 0 Å². The molecule has 0 heterocycles. The summed E-state index contributed by atoms with van der Waals surface area (Å²) in [5.74, 6) is 2.48. The van der Waals surface area contributed by atoms with Crippen LogP contribution in [-0.4, -0.2) is 19.1 Å². The Labute approximate surface area is 127 Å². The average molecular weight is 287 g/mol. The first-order valence-corrected chi connectivity index (χ1v) is 8.06. The molecule has 1 amide bonds. The molecule has 4 unspecified atom stereocenters. The Morgan fingerprint density at radius 2 is 2.24 bits per heavy atom. The first-order valence-electron chi connectivity index (χ1n) is 8.06. The average Bonchev–Trinajstić information content (AvgIpc) is 3.10. The van der Waals surface area contributed by atoms with Gasteiger partial charge in [-0.3, -0.25) is 4.79 Å². The minimum atomic E-state index is 0.0447. The van der Waals surface area contributed by atoms with Crippen LogP contribution in [0.4, 0.5) is 0 Å². The molecule has 114 valence electrons. The second-order valence-electron chi connectivity index (χ2n) is 6.73. The molecular weight excluding hydrogens is 262 g/mol. The van der Waals surface area contributed by atoms with Crippen LogP contribution in [0.5, 0.6) is 0 Å². The Bertz CT molecular complexity index is 514. The van der Waals surface area contributed by atoms with Crippen molar-refractivity contribution in [1.82, 2.24) is 5.32 Å². The van der Waals surface area contributed by atoms with Gasteiger partial charge in [0.1, 0.15) is 0 Å². The van der Waals surface area contributed by atoms with Crippen molar-refractivity contribution in [2.75, 3.05) is 7.11 Å². The molecule has 1 aromatic carbocycles. The maximum absolute atomic E-state index is 12.4. The molecule has 2 bridgehead atoms. The molecule has 4 atom stereocenters. The lowest BCUT2D eigenvalue weighted by atomic mass is 9.84. The van der Waals surface area contributed by atoms with Gasteiger partial charge in [0.2, 0.25) is 0 Å². The maximum Gasteiger partial charge on any atom is 0.251 e. The van der Waals surface area contributed by atoms with Gasteiger partial charge in [0, 0.05) is 18.7 Å². The van der Waals surface area contributed by atoms with Crippen molar-refractivity contribution < 1.29 is 9.53 Å². The normalized spacial score (nSPS) is 28.6. The zero-order valence-electron chi connectivity index (χ0n) is 13.0. The largest absolute Gasteiger partial charge is 0.380 e. The van der Waals surface area contributed by atoms with E-state index in [4.69, 9.17) is 4.74 Å². The minimum Gasteiger partial charge on any atom is -0.380 e. The molecule has 21 heavy (non-hydrogen) atoms. The summed E-state index contributed by atoms with van der Waals surface area (Å²) in [6.07, 6.45) is 5.45. The number of ether oxygens (including phenoxy) is 1. The van der Waals surface area contributed by atoms with Crippen LogP contribution in [0.15, 0.2) is 24.3 Å². The fourth-order valence-corrected chi connectivity index (χ4v) is 4.27. The summed E-state index contributed by atoms with van der Waals surface area (Å²) in [4.78, 5) is 12.4. The van der Waals surface area contributed by atoms with Crippen molar-refractivity contribution in [2.45, 2.75) is 45.3 Å². The number of fused-ring (bicyclic) bond motifs is 2. The molecule has 0 aromatic heterocycles. The number of carbonyl (C=O) groups is 1. The van der Waals surface area contributed by atoms with E-state index in [0.717, 1.165) is 23.0 Å². The molecule has 2 fully saturated rings. The highest BCUT2D eigenvalue weighted by Gasteiger charge is 2.42. The Kier molecular flexibility index (Phi) is 4.29. The van der Waals surface area contributed by atoms with Gasteiger partial charge in [-0.25, -0.2) is 0 Å². The van der Waals surface area contributed by atoms with E-state index in [9.17, 15) is 4.79 Å². The Morgan fingerprint density at radius 1 is 1.38 bits per heavy atom. The maximum atomic E-state index is 12.4. The number of nitrogens with one attached hydrogen (secondary N) is 1. The van der Waals surface area contributed by atoms with Gasteiger partial charge >= 0.3 is 0 Å². The Morgan fingerprint density at radius 3 is 2.90 bits per heavy atom. The van der Waals surface area contributed by atoms with Crippen molar-refractivity contribution in [3.8, 4) is 0 Å². The molecule has 0 saturated heterocycles. The highest BCUT2D eigenvalue weighted by Crippen LogP contribution is 2.49. The van der Waals surface area contributed by atoms with E-state index in [1.54, 1.807) is 7.11 Å². The van der Waals surface area contributed by atoms with Gasteiger partial charge in [-0.15, -0.1) is 0 Å². The molecule has 2 aliphatic rings. The lowest BCUT2D eigenvalue weighted by Gasteiger charge is -2.28. The first-order chi connectivity index (χ1) is 10.2. The van der Waals surface area contributed by atoms with Gasteiger partial charge in [0.25, 0.3) is 5.91 Å². The van der Waals surface area contributed by atoms with Gasteiger partial charge in [-0.2, -0.15) is 0 Å². The molecule has 0 aliphatic heterocycles. The smallest absolute Gasteiger partial charge is 0.251 e. The molecule has 3 rings (SSSR count). The molecule has 3 heteroatoms. The highest BCUT2D eigenvalue weighted by molar-refractivity contribution is 5.94. The van der Waals surface area contributed by atoms with Crippen LogP contribution >= 0.6 is 0 Å². The van der Waals surface area contributed by atoms with Crippen LogP contribution < -0.4 is 5.32 Å². The predicted octanol–water partition coefficient (Wildman–Crippen LogP) is 3.39. The monoisotopic (exact) mass is 287 g/mol. The third-order valence-electron chi connectivity index (χ3n) is 5.29. The molecule has 0 radical (unpaired) electrons. The number of methoxy groups -OCH3 is 1. The van der Waals surface area contributed by atoms with Gasteiger partial charge in [0.15, 0.2) is 0 Å². The highest BCUT2D eigenvalue weighted by atomic mass is 16.5. The summed E-state index contributed by atoms with van der Waals surface area (Å²) in [6.45, 7) is 2.71. The molecule has 1 N–H and O–H groups in total. The predicted molar refractivity (Wildman–Crippen MR) is 83.0 cm³/mol. The van der Waals surface area contributed by atoms with Crippen LogP contribution in [-0.2, 0) is 11.3 Å². The number of carbonyl (C=O) groups excluding carboxylic acids is 1. The quantitative estimate of drug-likeness (QED) is 0.901. The van der Waals surface area contributed by atoms with Crippen LogP contribution in [0.2, 0.25) is 0 Å². The van der Waals surface area contributed by atoms with Crippen LogP contribution in [0, 0.1) is 17.8 Å². The summed E-state index contributed by atoms with van der Waals surface area (Å²) < 4.78 is 5.13. The molecule has 1 aromatic rings. The van der Waals surface area contributed by atoms with E-state index in [2.05, 4.69) is 12.2 Å². The van der Waals surface area contributed by atoms with E-state index in [1.165, 1.54) is 25.7 Å². The van der Waals surface area contributed by atoms with E-state index in [-0.39, 0.29) is 11.9 Å². The summed E-state index contributed by atoms with van der Waals surface area (Å²) in [5, 5.41) is 3.21. The van der Waals surface area contributed by atoms with E-state index in [1.807, 2.05) is 24.3 Å². The number of hydrogen-bond acceptors (Lipinski definition) is 2. The standard InChI is InChI=1S/C18H25NO2/c1-12(17-10-13-6-7-15(17)8-13)19-18(20)16-5-3-4-14(9-16)11-21-2/h3-5,9,12-13,15,17H,6-8,10-11H2,1-2H3,(H,19,20). The fraction of sp³-hybridized carbons (Fsp3) is 0.611. The zero-order chi connectivity index (χ0) is 14.8. The van der Waals surface area contributed by atoms with Crippen LogP contribution in [0.25, 0.3) is 0 Å². The minimum absolute atomic E-state index is 0.0447. The lowest BCUT2D eigenvalue weighted by molar-refractivity contribution is 0.0915. The Hall–Kier alpha value is -1.35. The SMILES string of the molecule is COCc1cccc(C(=O)NC(C)C2CC3CCC2C3)c1. The Balaban J connectivity index is 1.61. The lowest BCUT2D eigenvalue weighted by Crippen LogP contribution is -2.40. The number of benzene rings is 1. The molecule has 3 nitrogen and oxygen atoms in total. The molecular formula is C18H25NO2. The summed E-state index contributed by atoms with van der Waals surface area (Å²) in [7, 11) is 1.67. The van der Waals surface area contributed by atoms with E-state index < -0.39 is 0 Å². The van der Waals surface area contributed by atoms with Gasteiger partial charge in [-0.05, 0) is 61.6 Å². The number of rotatable bonds is 5. The van der Waals surface area contributed by atoms with Crippen molar-refractivity contribution in [2.24, 2.45) is 17.8 Å². The number of amides is 1. The van der Waals surface area contributed by atoms with E-state index >= 15 is 0 Å². The van der Waals surface area contributed by atoms with Crippen molar-refractivity contribution in [3.63, 3.8) is 0 Å². The zero-order valence-corrected chi connectivity index (χ0v) is 13.0. The summed E-state index contributed by atoms with van der Waals surface area (Å²) in [5.41, 5.74) is 1.78. The summed E-state index contributed by atoms with van der Waals surface area (Å²) in [6, 6.07) is 7.98. The molecule has 2 saturated carbocycles. The van der Waals surface area contributed by atoms with Gasteiger partial charge < -0.3 is 10.1 Å². The van der Waals surface area contributed by atoms with Crippen molar-refractivity contribution in [3.05, 3.63) is 35.4 Å². The van der Waals surface area contributed by atoms with Gasteiger partial charge in [0.05, 0.1) is 6.61 Å². The summed E-state index contributed by atoms with van der Waals surface area (Å²) >= 11 is 0.